The Morgan fingerprint density at radius 2 is 1.47 bits per heavy atom. The fraction of sp³-hybridized carbons (Fsp3) is 0.115. The molecule has 0 spiro atoms. The van der Waals surface area contributed by atoms with Crippen LogP contribution in [0.25, 0.3) is 11.3 Å². The first-order chi connectivity index (χ1) is 15.5. The molecule has 32 heavy (non-hydrogen) atoms. The number of nitrogens with zero attached hydrogens (tertiary/aromatic N) is 2. The molecule has 1 amide bonds. The standard InChI is InChI=1S/C26H23N3O3/c1-17-12-18(2)14-21(13-17)29-26(30)20-6-4-19(5-7-20)24-15-25(28-16-27-24)32-23-10-8-22(31-3)9-11-23/h4-16H,1-3H3,(H,29,30). The van der Waals surface area contributed by atoms with Gasteiger partial charge >= 0.3 is 0 Å². The minimum absolute atomic E-state index is 0.159. The third-order valence-electron chi connectivity index (χ3n) is 4.85. The van der Waals surface area contributed by atoms with Gasteiger partial charge in [-0.05, 0) is 73.5 Å². The predicted molar refractivity (Wildman–Crippen MR) is 124 cm³/mol. The van der Waals surface area contributed by atoms with Crippen LogP contribution in [0.1, 0.15) is 21.5 Å². The number of methoxy groups -OCH3 is 1. The van der Waals surface area contributed by atoms with Crippen molar-refractivity contribution in [1.82, 2.24) is 9.97 Å². The van der Waals surface area contributed by atoms with Crippen molar-refractivity contribution < 1.29 is 14.3 Å². The number of carbonyl (C=O) groups is 1. The van der Waals surface area contributed by atoms with Gasteiger partial charge in [-0.1, -0.05) is 18.2 Å². The molecule has 6 nitrogen and oxygen atoms in total. The molecule has 0 saturated carbocycles. The van der Waals surface area contributed by atoms with Crippen molar-refractivity contribution in [1.29, 1.82) is 0 Å². The van der Waals surface area contributed by atoms with Crippen LogP contribution in [0.3, 0.4) is 0 Å². The summed E-state index contributed by atoms with van der Waals surface area (Å²) in [5.74, 6) is 1.67. The Kier molecular flexibility index (Phi) is 6.12. The number of hydrogen-bond acceptors (Lipinski definition) is 5. The Morgan fingerprint density at radius 3 is 2.12 bits per heavy atom. The van der Waals surface area contributed by atoms with E-state index in [9.17, 15) is 4.79 Å². The van der Waals surface area contributed by atoms with Crippen molar-refractivity contribution in [3.8, 4) is 28.6 Å². The summed E-state index contributed by atoms with van der Waals surface area (Å²) in [6.45, 7) is 4.01. The molecule has 0 saturated heterocycles. The third-order valence-corrected chi connectivity index (χ3v) is 4.85. The van der Waals surface area contributed by atoms with E-state index in [0.29, 0.717) is 22.9 Å². The van der Waals surface area contributed by atoms with E-state index in [1.807, 2.05) is 62.4 Å². The van der Waals surface area contributed by atoms with E-state index in [4.69, 9.17) is 9.47 Å². The molecule has 0 fully saturated rings. The lowest BCUT2D eigenvalue weighted by Gasteiger charge is -2.09. The molecule has 0 bridgehead atoms. The van der Waals surface area contributed by atoms with Gasteiger partial charge in [0.05, 0.1) is 12.8 Å². The smallest absolute Gasteiger partial charge is 0.255 e. The van der Waals surface area contributed by atoms with Crippen LogP contribution in [0.2, 0.25) is 0 Å². The van der Waals surface area contributed by atoms with Crippen LogP contribution >= 0.6 is 0 Å². The third kappa shape index (κ3) is 5.10. The van der Waals surface area contributed by atoms with Gasteiger partial charge in [0.2, 0.25) is 5.88 Å². The van der Waals surface area contributed by atoms with Crippen LogP contribution in [0.5, 0.6) is 17.4 Å². The molecule has 0 aliphatic carbocycles. The summed E-state index contributed by atoms with van der Waals surface area (Å²) in [4.78, 5) is 21.1. The average Bonchev–Trinajstić information content (AvgIpc) is 2.79. The van der Waals surface area contributed by atoms with Gasteiger partial charge in [-0.15, -0.1) is 0 Å². The molecule has 1 N–H and O–H groups in total. The van der Waals surface area contributed by atoms with Gasteiger partial charge in [-0.25, -0.2) is 9.97 Å². The van der Waals surface area contributed by atoms with Crippen molar-refractivity contribution >= 4 is 11.6 Å². The maximum absolute atomic E-state index is 12.6. The number of carbonyl (C=O) groups excluding carboxylic acids is 1. The molecular weight excluding hydrogens is 402 g/mol. The highest BCUT2D eigenvalue weighted by atomic mass is 16.5. The lowest BCUT2D eigenvalue weighted by molar-refractivity contribution is 0.102. The molecule has 0 radical (unpaired) electrons. The summed E-state index contributed by atoms with van der Waals surface area (Å²) in [6.07, 6.45) is 1.45. The monoisotopic (exact) mass is 425 g/mol. The number of nitrogens with one attached hydrogen (secondary N) is 1. The fourth-order valence-electron chi connectivity index (χ4n) is 3.36. The molecule has 4 aromatic rings. The summed E-state index contributed by atoms with van der Waals surface area (Å²) < 4.78 is 11.0. The maximum atomic E-state index is 12.6. The number of anilines is 1. The zero-order chi connectivity index (χ0) is 22.5. The molecule has 4 rings (SSSR count). The topological polar surface area (TPSA) is 73.3 Å². The normalized spacial score (nSPS) is 10.5. The van der Waals surface area contributed by atoms with Crippen LogP contribution in [0.15, 0.2) is 79.1 Å². The fourth-order valence-corrected chi connectivity index (χ4v) is 3.36. The largest absolute Gasteiger partial charge is 0.497 e. The maximum Gasteiger partial charge on any atom is 0.255 e. The van der Waals surface area contributed by atoms with Gasteiger partial charge in [-0.3, -0.25) is 4.79 Å². The molecule has 160 valence electrons. The van der Waals surface area contributed by atoms with Gasteiger partial charge < -0.3 is 14.8 Å². The van der Waals surface area contributed by atoms with E-state index in [0.717, 1.165) is 28.1 Å². The number of ether oxygens (including phenoxy) is 2. The van der Waals surface area contributed by atoms with Crippen LogP contribution in [0, 0.1) is 13.8 Å². The Hall–Kier alpha value is -4.19. The second kappa shape index (κ2) is 9.31. The summed E-state index contributed by atoms with van der Waals surface area (Å²) in [5.41, 5.74) is 5.11. The molecule has 0 aliphatic rings. The van der Waals surface area contributed by atoms with Gasteiger partial charge in [0.15, 0.2) is 0 Å². The lowest BCUT2D eigenvalue weighted by Crippen LogP contribution is -2.12. The minimum atomic E-state index is -0.159. The zero-order valence-electron chi connectivity index (χ0n) is 18.1. The van der Waals surface area contributed by atoms with E-state index in [2.05, 4.69) is 21.4 Å². The number of aromatic nitrogens is 2. The summed E-state index contributed by atoms with van der Waals surface area (Å²) in [7, 11) is 1.62. The Bertz CT molecular complexity index is 1220. The van der Waals surface area contributed by atoms with Crippen LogP contribution < -0.4 is 14.8 Å². The first kappa shape index (κ1) is 21.1. The van der Waals surface area contributed by atoms with E-state index >= 15 is 0 Å². The van der Waals surface area contributed by atoms with Crippen molar-refractivity contribution in [2.45, 2.75) is 13.8 Å². The summed E-state index contributed by atoms with van der Waals surface area (Å²) >= 11 is 0. The number of hydrogen-bond donors (Lipinski definition) is 1. The second-order valence-electron chi connectivity index (χ2n) is 7.43. The highest BCUT2D eigenvalue weighted by Gasteiger charge is 2.09. The summed E-state index contributed by atoms with van der Waals surface area (Å²) in [5, 5.41) is 2.95. The van der Waals surface area contributed by atoms with E-state index < -0.39 is 0 Å². The SMILES string of the molecule is COc1ccc(Oc2cc(-c3ccc(C(=O)Nc4cc(C)cc(C)c4)cc3)ncn2)cc1. The quantitative estimate of drug-likeness (QED) is 0.422. The van der Waals surface area contributed by atoms with E-state index in [1.165, 1.54) is 6.33 Å². The molecule has 1 heterocycles. The Labute approximate surface area is 186 Å². The highest BCUT2D eigenvalue weighted by molar-refractivity contribution is 6.04. The zero-order valence-corrected chi connectivity index (χ0v) is 18.1. The van der Waals surface area contributed by atoms with Gasteiger partial charge in [0.1, 0.15) is 17.8 Å². The molecule has 0 aliphatic heterocycles. The second-order valence-corrected chi connectivity index (χ2v) is 7.43. The van der Waals surface area contributed by atoms with Gasteiger partial charge in [-0.2, -0.15) is 0 Å². The number of amides is 1. The molecular formula is C26H23N3O3. The first-order valence-electron chi connectivity index (χ1n) is 10.1. The molecule has 0 unspecified atom stereocenters. The predicted octanol–water partition coefficient (Wildman–Crippen LogP) is 5.81. The Balaban J connectivity index is 1.47. The van der Waals surface area contributed by atoms with Gasteiger partial charge in [0, 0.05) is 22.9 Å². The van der Waals surface area contributed by atoms with Crippen LogP contribution in [0.4, 0.5) is 5.69 Å². The average molecular weight is 425 g/mol. The van der Waals surface area contributed by atoms with Crippen LogP contribution in [-0.4, -0.2) is 23.0 Å². The van der Waals surface area contributed by atoms with Crippen molar-refractivity contribution in [2.75, 3.05) is 12.4 Å². The number of rotatable bonds is 6. The summed E-state index contributed by atoms with van der Waals surface area (Å²) in [6, 6.07) is 22.2. The van der Waals surface area contributed by atoms with Crippen molar-refractivity contribution in [3.05, 3.63) is 95.8 Å². The molecule has 1 aromatic heterocycles. The van der Waals surface area contributed by atoms with E-state index in [-0.39, 0.29) is 5.91 Å². The minimum Gasteiger partial charge on any atom is -0.497 e. The molecule has 3 aromatic carbocycles. The number of benzene rings is 3. The van der Waals surface area contributed by atoms with Crippen molar-refractivity contribution in [2.24, 2.45) is 0 Å². The lowest BCUT2D eigenvalue weighted by atomic mass is 10.1. The number of aryl methyl sites for hydroxylation is 2. The van der Waals surface area contributed by atoms with E-state index in [1.54, 1.807) is 25.3 Å². The molecule has 6 heteroatoms. The van der Waals surface area contributed by atoms with Gasteiger partial charge in [0.25, 0.3) is 5.91 Å². The highest BCUT2D eigenvalue weighted by Crippen LogP contribution is 2.26. The first-order valence-corrected chi connectivity index (χ1v) is 10.1. The molecule has 0 atom stereocenters. The van der Waals surface area contributed by atoms with Crippen LogP contribution in [-0.2, 0) is 0 Å². The van der Waals surface area contributed by atoms with Crippen molar-refractivity contribution in [3.63, 3.8) is 0 Å². The Morgan fingerprint density at radius 1 is 0.812 bits per heavy atom.